The summed E-state index contributed by atoms with van der Waals surface area (Å²) in [5, 5.41) is 0. The summed E-state index contributed by atoms with van der Waals surface area (Å²) >= 11 is 0. The molecule has 1 rings (SSSR count). The second-order valence-corrected chi connectivity index (χ2v) is 4.13. The highest BCUT2D eigenvalue weighted by Crippen LogP contribution is 2.30. The lowest BCUT2D eigenvalue weighted by Gasteiger charge is -2.22. The van der Waals surface area contributed by atoms with Crippen molar-refractivity contribution >= 4 is 0 Å². The maximum Gasteiger partial charge on any atom is 0.114 e. The molecular formula is C11H19NO2. The summed E-state index contributed by atoms with van der Waals surface area (Å²) in [5.41, 5.74) is 6.68. The second-order valence-electron chi connectivity index (χ2n) is 4.13. The molecule has 0 aliphatic carbocycles. The predicted molar refractivity (Wildman–Crippen MR) is 56.1 cm³/mol. The number of rotatable bonds is 5. The predicted octanol–water partition coefficient (Wildman–Crippen LogP) is 2.05. The van der Waals surface area contributed by atoms with E-state index in [0.717, 1.165) is 17.7 Å². The first-order valence-electron chi connectivity index (χ1n) is 4.87. The van der Waals surface area contributed by atoms with E-state index in [2.05, 4.69) is 13.8 Å². The van der Waals surface area contributed by atoms with E-state index in [1.54, 1.807) is 13.4 Å². The van der Waals surface area contributed by atoms with E-state index in [-0.39, 0.29) is 5.41 Å². The van der Waals surface area contributed by atoms with E-state index < -0.39 is 0 Å². The number of ether oxygens (including phenoxy) is 1. The highest BCUT2D eigenvalue weighted by molar-refractivity contribution is 5.23. The lowest BCUT2D eigenvalue weighted by Crippen LogP contribution is -2.22. The molecule has 0 amide bonds. The van der Waals surface area contributed by atoms with Gasteiger partial charge in [-0.25, -0.2) is 0 Å². The van der Waals surface area contributed by atoms with E-state index >= 15 is 0 Å². The third kappa shape index (κ3) is 2.36. The van der Waals surface area contributed by atoms with Crippen LogP contribution in [0.15, 0.2) is 16.7 Å². The van der Waals surface area contributed by atoms with E-state index in [4.69, 9.17) is 14.9 Å². The molecule has 0 atom stereocenters. The van der Waals surface area contributed by atoms with Gasteiger partial charge in [0.2, 0.25) is 0 Å². The van der Waals surface area contributed by atoms with E-state index in [1.807, 2.05) is 6.07 Å². The average molecular weight is 197 g/mol. The Labute approximate surface area is 85.2 Å². The molecule has 0 bridgehead atoms. The largest absolute Gasteiger partial charge is 0.468 e. The molecule has 0 saturated heterocycles. The maximum absolute atomic E-state index is 5.57. The Kier molecular flexibility index (Phi) is 3.72. The fourth-order valence-electron chi connectivity index (χ4n) is 1.67. The molecule has 3 heteroatoms. The van der Waals surface area contributed by atoms with Crippen LogP contribution in [0.2, 0.25) is 0 Å². The minimum Gasteiger partial charge on any atom is -0.468 e. The van der Waals surface area contributed by atoms with Crippen molar-refractivity contribution in [3.63, 3.8) is 0 Å². The zero-order chi connectivity index (χ0) is 10.6. The van der Waals surface area contributed by atoms with E-state index in [9.17, 15) is 0 Å². The summed E-state index contributed by atoms with van der Waals surface area (Å²) in [4.78, 5) is 0. The molecule has 0 aliphatic rings. The van der Waals surface area contributed by atoms with E-state index in [0.29, 0.717) is 13.2 Å². The summed E-state index contributed by atoms with van der Waals surface area (Å²) < 4.78 is 10.6. The molecule has 80 valence electrons. The first-order chi connectivity index (χ1) is 6.61. The quantitative estimate of drug-likeness (QED) is 0.786. The number of methoxy groups -OCH3 is 1. The zero-order valence-electron chi connectivity index (χ0n) is 9.17. The van der Waals surface area contributed by atoms with Crippen LogP contribution >= 0.6 is 0 Å². The molecule has 0 aromatic carbocycles. The second kappa shape index (κ2) is 4.62. The third-order valence-corrected chi connectivity index (χ3v) is 2.43. The fraction of sp³-hybridized carbons (Fsp3) is 0.636. The topological polar surface area (TPSA) is 48.4 Å². The van der Waals surface area contributed by atoms with Gasteiger partial charge in [0.15, 0.2) is 0 Å². The van der Waals surface area contributed by atoms with Gasteiger partial charge in [0.1, 0.15) is 5.76 Å². The van der Waals surface area contributed by atoms with Crippen molar-refractivity contribution in [2.24, 2.45) is 5.73 Å². The highest BCUT2D eigenvalue weighted by Gasteiger charge is 2.26. The van der Waals surface area contributed by atoms with Gasteiger partial charge in [0.25, 0.3) is 0 Å². The van der Waals surface area contributed by atoms with Crippen molar-refractivity contribution < 1.29 is 9.15 Å². The Balaban J connectivity index is 2.87. The summed E-state index contributed by atoms with van der Waals surface area (Å²) in [7, 11) is 1.69. The molecule has 0 radical (unpaired) electrons. The lowest BCUT2D eigenvalue weighted by molar-refractivity contribution is 0.180. The minimum absolute atomic E-state index is 0.00782. The van der Waals surface area contributed by atoms with Crippen molar-refractivity contribution in [1.29, 1.82) is 0 Å². The Morgan fingerprint density at radius 1 is 1.50 bits per heavy atom. The lowest BCUT2D eigenvalue weighted by atomic mass is 9.84. The molecule has 0 aliphatic heterocycles. The van der Waals surface area contributed by atoms with Crippen molar-refractivity contribution in [3.05, 3.63) is 23.7 Å². The SMILES string of the molecule is COCc1ccoc1C(C)(C)CCN. The summed E-state index contributed by atoms with van der Waals surface area (Å²) in [6.07, 6.45) is 2.62. The third-order valence-electron chi connectivity index (χ3n) is 2.43. The summed E-state index contributed by atoms with van der Waals surface area (Å²) in [5.74, 6) is 0.991. The minimum atomic E-state index is -0.00782. The smallest absolute Gasteiger partial charge is 0.114 e. The summed E-state index contributed by atoms with van der Waals surface area (Å²) in [6.45, 7) is 5.54. The molecule has 0 saturated carbocycles. The van der Waals surface area contributed by atoms with Crippen LogP contribution in [0, 0.1) is 0 Å². The molecule has 1 heterocycles. The van der Waals surface area contributed by atoms with Crippen LogP contribution in [0.1, 0.15) is 31.6 Å². The van der Waals surface area contributed by atoms with Crippen molar-refractivity contribution in [3.8, 4) is 0 Å². The molecule has 3 nitrogen and oxygen atoms in total. The molecule has 14 heavy (non-hydrogen) atoms. The molecule has 1 aromatic heterocycles. The number of hydrogen-bond acceptors (Lipinski definition) is 3. The van der Waals surface area contributed by atoms with Crippen LogP contribution in [0.4, 0.5) is 0 Å². The number of nitrogens with two attached hydrogens (primary N) is 1. The fourth-order valence-corrected chi connectivity index (χ4v) is 1.67. The van der Waals surface area contributed by atoms with Gasteiger partial charge in [0.05, 0.1) is 12.9 Å². The average Bonchev–Trinajstić information content (AvgIpc) is 2.53. The van der Waals surface area contributed by atoms with Gasteiger partial charge in [-0.05, 0) is 19.0 Å². The molecule has 0 unspecified atom stereocenters. The molecule has 0 spiro atoms. The van der Waals surface area contributed by atoms with Gasteiger partial charge in [0, 0.05) is 18.1 Å². The Morgan fingerprint density at radius 2 is 2.21 bits per heavy atom. The van der Waals surface area contributed by atoms with Gasteiger partial charge >= 0.3 is 0 Å². The van der Waals surface area contributed by atoms with Gasteiger partial charge in [-0.15, -0.1) is 0 Å². The van der Waals surface area contributed by atoms with Gasteiger partial charge in [-0.2, -0.15) is 0 Å². The summed E-state index contributed by atoms with van der Waals surface area (Å²) in [6, 6.07) is 1.96. The standard InChI is InChI=1S/C11H19NO2/c1-11(2,5-6-12)10-9(8-13-3)4-7-14-10/h4,7H,5-6,8,12H2,1-3H3. The number of hydrogen-bond donors (Lipinski definition) is 1. The van der Waals surface area contributed by atoms with Crippen molar-refractivity contribution in [2.45, 2.75) is 32.3 Å². The molecule has 0 fully saturated rings. The Bertz CT molecular complexity index is 279. The maximum atomic E-state index is 5.57. The molecule has 1 aromatic rings. The van der Waals surface area contributed by atoms with Crippen LogP contribution in [0.5, 0.6) is 0 Å². The van der Waals surface area contributed by atoms with Crippen molar-refractivity contribution in [2.75, 3.05) is 13.7 Å². The van der Waals surface area contributed by atoms with Gasteiger partial charge in [-0.3, -0.25) is 0 Å². The Morgan fingerprint density at radius 3 is 2.79 bits per heavy atom. The molecular weight excluding hydrogens is 178 g/mol. The van der Waals surface area contributed by atoms with Gasteiger partial charge in [-0.1, -0.05) is 13.8 Å². The first kappa shape index (κ1) is 11.3. The number of furan rings is 1. The van der Waals surface area contributed by atoms with E-state index in [1.165, 1.54) is 0 Å². The highest BCUT2D eigenvalue weighted by atomic mass is 16.5. The first-order valence-corrected chi connectivity index (χ1v) is 4.87. The van der Waals surface area contributed by atoms with Crippen LogP contribution in [0.3, 0.4) is 0 Å². The monoisotopic (exact) mass is 197 g/mol. The van der Waals surface area contributed by atoms with Crippen LogP contribution in [-0.2, 0) is 16.8 Å². The van der Waals surface area contributed by atoms with Crippen LogP contribution < -0.4 is 5.73 Å². The van der Waals surface area contributed by atoms with Crippen LogP contribution in [-0.4, -0.2) is 13.7 Å². The van der Waals surface area contributed by atoms with Gasteiger partial charge < -0.3 is 14.9 Å². The van der Waals surface area contributed by atoms with Crippen LogP contribution in [0.25, 0.3) is 0 Å². The zero-order valence-corrected chi connectivity index (χ0v) is 9.17. The molecule has 2 N–H and O–H groups in total. The Hall–Kier alpha value is -0.800. The normalized spacial score (nSPS) is 12.0. The van der Waals surface area contributed by atoms with Crippen molar-refractivity contribution in [1.82, 2.24) is 0 Å².